The molecular formula is C18H18N2OS2. The number of benzene rings is 1. The molecule has 3 rings (SSSR count). The Morgan fingerprint density at radius 3 is 2.52 bits per heavy atom. The summed E-state index contributed by atoms with van der Waals surface area (Å²) in [6.45, 7) is 5.55. The van der Waals surface area contributed by atoms with Gasteiger partial charge < -0.3 is 4.90 Å². The van der Waals surface area contributed by atoms with Crippen LogP contribution in [0.2, 0.25) is 0 Å². The van der Waals surface area contributed by atoms with Crippen LogP contribution in [0.1, 0.15) is 19.4 Å². The van der Waals surface area contributed by atoms with Crippen molar-refractivity contribution in [1.82, 2.24) is 4.90 Å². The van der Waals surface area contributed by atoms with Gasteiger partial charge in [0.05, 0.1) is 4.91 Å². The summed E-state index contributed by atoms with van der Waals surface area (Å²) < 4.78 is 0.638. The first-order valence-electron chi connectivity index (χ1n) is 7.66. The van der Waals surface area contributed by atoms with Gasteiger partial charge >= 0.3 is 0 Å². The minimum atomic E-state index is 0.00240. The van der Waals surface area contributed by atoms with Crippen molar-refractivity contribution in [2.75, 3.05) is 18.0 Å². The predicted molar refractivity (Wildman–Crippen MR) is 102 cm³/mol. The number of hydrogen-bond donors (Lipinski definition) is 0. The normalized spacial score (nSPS) is 20.8. The summed E-state index contributed by atoms with van der Waals surface area (Å²) in [5.74, 6) is 0.00240. The van der Waals surface area contributed by atoms with Gasteiger partial charge in [-0.25, -0.2) is 0 Å². The first-order chi connectivity index (χ1) is 11.2. The van der Waals surface area contributed by atoms with E-state index in [1.807, 2.05) is 31.2 Å². The molecule has 0 aliphatic carbocycles. The Hall–Kier alpha value is -1.85. The molecule has 1 aromatic rings. The molecule has 0 N–H and O–H groups in total. The maximum Gasteiger partial charge on any atom is 0.266 e. The standard InChI is InChI=1S/C18H18N2OS2/c1-3-19-14(10-9-13-7-5-6-8-15(13)19)11-12-16-17(21)20(4-2)18(22)23-16/h5-12H,3-4H2,1-2H3/b14-11?,16-12+. The quantitative estimate of drug-likeness (QED) is 0.607. The summed E-state index contributed by atoms with van der Waals surface area (Å²) in [6.07, 6.45) is 8.07. The van der Waals surface area contributed by atoms with E-state index >= 15 is 0 Å². The van der Waals surface area contributed by atoms with Crippen LogP contribution in [-0.2, 0) is 4.79 Å². The van der Waals surface area contributed by atoms with Crippen LogP contribution in [-0.4, -0.2) is 28.2 Å². The fourth-order valence-corrected chi connectivity index (χ4v) is 4.05. The number of hydrogen-bond acceptors (Lipinski definition) is 4. The van der Waals surface area contributed by atoms with Gasteiger partial charge in [-0.05, 0) is 43.7 Å². The number of amides is 1. The number of carbonyl (C=O) groups is 1. The minimum Gasteiger partial charge on any atom is -0.341 e. The predicted octanol–water partition coefficient (Wildman–Crippen LogP) is 4.19. The number of likely N-dealkylation sites (N-methyl/N-ethyl adjacent to an activating group) is 2. The van der Waals surface area contributed by atoms with E-state index in [0.717, 1.165) is 12.2 Å². The smallest absolute Gasteiger partial charge is 0.266 e. The number of nitrogens with zero attached hydrogens (tertiary/aromatic N) is 2. The molecule has 3 nitrogen and oxygen atoms in total. The van der Waals surface area contributed by atoms with Crippen LogP contribution in [0.15, 0.2) is 53.1 Å². The average Bonchev–Trinajstić information content (AvgIpc) is 2.85. The molecule has 2 heterocycles. The van der Waals surface area contributed by atoms with E-state index in [4.69, 9.17) is 12.2 Å². The third-order valence-corrected chi connectivity index (χ3v) is 5.28. The summed E-state index contributed by atoms with van der Waals surface area (Å²) in [5.41, 5.74) is 3.48. The number of para-hydroxylation sites is 1. The van der Waals surface area contributed by atoms with Gasteiger partial charge in [0, 0.05) is 24.5 Å². The lowest BCUT2D eigenvalue weighted by Gasteiger charge is -2.29. The number of allylic oxidation sites excluding steroid dienone is 3. The second kappa shape index (κ2) is 6.72. The Morgan fingerprint density at radius 2 is 1.83 bits per heavy atom. The highest BCUT2D eigenvalue weighted by Crippen LogP contribution is 2.33. The van der Waals surface area contributed by atoms with E-state index in [2.05, 4.69) is 36.1 Å². The Kier molecular flexibility index (Phi) is 4.68. The molecule has 1 aromatic carbocycles. The van der Waals surface area contributed by atoms with Crippen molar-refractivity contribution in [1.29, 1.82) is 0 Å². The molecule has 1 amide bonds. The summed E-state index contributed by atoms with van der Waals surface area (Å²) >= 11 is 6.62. The second-order valence-corrected chi connectivity index (χ2v) is 6.85. The number of anilines is 1. The Labute approximate surface area is 146 Å². The summed E-state index contributed by atoms with van der Waals surface area (Å²) in [5, 5.41) is 0. The van der Waals surface area contributed by atoms with Crippen molar-refractivity contribution in [3.05, 3.63) is 58.7 Å². The summed E-state index contributed by atoms with van der Waals surface area (Å²) in [6, 6.07) is 8.32. The lowest BCUT2D eigenvalue weighted by Crippen LogP contribution is -2.27. The average molecular weight is 342 g/mol. The van der Waals surface area contributed by atoms with E-state index in [1.54, 1.807) is 4.90 Å². The third-order valence-electron chi connectivity index (χ3n) is 3.88. The van der Waals surface area contributed by atoms with Crippen LogP contribution in [0.25, 0.3) is 6.08 Å². The van der Waals surface area contributed by atoms with Gasteiger partial charge in [0.25, 0.3) is 5.91 Å². The molecular weight excluding hydrogens is 324 g/mol. The van der Waals surface area contributed by atoms with E-state index < -0.39 is 0 Å². The zero-order valence-corrected chi connectivity index (χ0v) is 14.8. The third kappa shape index (κ3) is 2.99. The van der Waals surface area contributed by atoms with Crippen LogP contribution in [0.4, 0.5) is 5.69 Å². The molecule has 0 unspecified atom stereocenters. The summed E-state index contributed by atoms with van der Waals surface area (Å²) in [7, 11) is 0. The van der Waals surface area contributed by atoms with Crippen molar-refractivity contribution < 1.29 is 4.79 Å². The SMILES string of the molecule is CCN1C(=O)/C(=C\C=C2C=Cc3ccccc3N2CC)SC1=S. The number of fused-ring (bicyclic) bond motifs is 1. The molecule has 2 aliphatic rings. The molecule has 118 valence electrons. The first-order valence-corrected chi connectivity index (χ1v) is 8.88. The molecule has 5 heteroatoms. The molecule has 23 heavy (non-hydrogen) atoms. The van der Waals surface area contributed by atoms with Crippen LogP contribution in [0.5, 0.6) is 0 Å². The Balaban J connectivity index is 1.91. The van der Waals surface area contributed by atoms with Crippen molar-refractivity contribution in [2.45, 2.75) is 13.8 Å². The van der Waals surface area contributed by atoms with E-state index in [1.165, 1.54) is 23.0 Å². The zero-order valence-electron chi connectivity index (χ0n) is 13.2. The number of thioether (sulfide) groups is 1. The molecule has 0 aromatic heterocycles. The van der Waals surface area contributed by atoms with Crippen LogP contribution < -0.4 is 4.90 Å². The van der Waals surface area contributed by atoms with Gasteiger partial charge in [0.1, 0.15) is 4.32 Å². The highest BCUT2D eigenvalue weighted by Gasteiger charge is 2.30. The Bertz CT molecular complexity index is 749. The highest BCUT2D eigenvalue weighted by atomic mass is 32.2. The van der Waals surface area contributed by atoms with Crippen molar-refractivity contribution in [3.8, 4) is 0 Å². The van der Waals surface area contributed by atoms with Crippen molar-refractivity contribution in [3.63, 3.8) is 0 Å². The molecule has 2 aliphatic heterocycles. The maximum absolute atomic E-state index is 12.3. The van der Waals surface area contributed by atoms with E-state index in [9.17, 15) is 4.79 Å². The van der Waals surface area contributed by atoms with E-state index in [-0.39, 0.29) is 5.91 Å². The minimum absolute atomic E-state index is 0.00240. The fourth-order valence-electron chi connectivity index (χ4n) is 2.72. The largest absolute Gasteiger partial charge is 0.341 e. The van der Waals surface area contributed by atoms with Gasteiger partial charge in [-0.2, -0.15) is 0 Å². The number of carbonyl (C=O) groups excluding carboxylic acids is 1. The lowest BCUT2D eigenvalue weighted by molar-refractivity contribution is -0.122. The monoisotopic (exact) mass is 342 g/mol. The first kappa shape index (κ1) is 16.0. The zero-order chi connectivity index (χ0) is 16.4. The molecule has 1 saturated heterocycles. The van der Waals surface area contributed by atoms with Crippen molar-refractivity contribution in [2.24, 2.45) is 0 Å². The highest BCUT2D eigenvalue weighted by molar-refractivity contribution is 8.26. The van der Waals surface area contributed by atoms with E-state index in [0.29, 0.717) is 15.8 Å². The molecule has 0 radical (unpaired) electrons. The second-order valence-electron chi connectivity index (χ2n) is 5.18. The van der Waals surface area contributed by atoms with Gasteiger partial charge in [-0.15, -0.1) is 0 Å². The van der Waals surface area contributed by atoms with Gasteiger partial charge in [-0.3, -0.25) is 9.69 Å². The van der Waals surface area contributed by atoms with Crippen LogP contribution >= 0.6 is 24.0 Å². The molecule has 0 bridgehead atoms. The fraction of sp³-hybridized carbons (Fsp3) is 0.222. The molecule has 0 spiro atoms. The number of thiocarbonyl (C=S) groups is 1. The molecule has 1 fully saturated rings. The topological polar surface area (TPSA) is 23.6 Å². The van der Waals surface area contributed by atoms with Crippen LogP contribution in [0.3, 0.4) is 0 Å². The lowest BCUT2D eigenvalue weighted by atomic mass is 10.1. The molecule has 0 atom stereocenters. The summed E-state index contributed by atoms with van der Waals surface area (Å²) in [4.78, 5) is 16.8. The molecule has 0 saturated carbocycles. The van der Waals surface area contributed by atoms with Gasteiger partial charge in [0.15, 0.2) is 0 Å². The maximum atomic E-state index is 12.3. The van der Waals surface area contributed by atoms with Gasteiger partial charge in [-0.1, -0.05) is 48.3 Å². The van der Waals surface area contributed by atoms with Gasteiger partial charge in [0.2, 0.25) is 0 Å². The number of rotatable bonds is 3. The van der Waals surface area contributed by atoms with Crippen LogP contribution in [0, 0.1) is 0 Å². The Morgan fingerprint density at radius 1 is 1.09 bits per heavy atom. The van der Waals surface area contributed by atoms with Crippen molar-refractivity contribution >= 4 is 46.0 Å².